The fraction of sp³-hybridized carbons (Fsp3) is 0.320. The van der Waals surface area contributed by atoms with Crippen LogP contribution < -0.4 is 0 Å². The molecule has 34 heavy (non-hydrogen) atoms. The normalized spacial score (nSPS) is 15.1. The summed E-state index contributed by atoms with van der Waals surface area (Å²) in [5.74, 6) is -0.661. The van der Waals surface area contributed by atoms with Gasteiger partial charge in [-0.2, -0.15) is 23.5 Å². The Morgan fingerprint density at radius 2 is 1.74 bits per heavy atom. The molecule has 1 amide bonds. The van der Waals surface area contributed by atoms with Gasteiger partial charge in [-0.25, -0.2) is 4.68 Å². The smallest absolute Gasteiger partial charge is 0.337 e. The molecule has 2 heterocycles. The van der Waals surface area contributed by atoms with Crippen LogP contribution in [-0.4, -0.2) is 51.7 Å². The van der Waals surface area contributed by atoms with E-state index >= 15 is 0 Å². The number of hydrogen-bond donors (Lipinski definition) is 0. The molecule has 0 saturated carbocycles. The number of halogens is 3. The molecule has 176 valence electrons. The van der Waals surface area contributed by atoms with E-state index in [-0.39, 0.29) is 5.69 Å². The van der Waals surface area contributed by atoms with Crippen molar-refractivity contribution in [2.75, 3.05) is 26.2 Å². The van der Waals surface area contributed by atoms with Crippen LogP contribution in [0.5, 0.6) is 0 Å². The van der Waals surface area contributed by atoms with E-state index in [4.69, 9.17) is 5.26 Å². The number of carbonyl (C=O) groups is 1. The van der Waals surface area contributed by atoms with Crippen LogP contribution in [0.1, 0.15) is 39.2 Å². The van der Waals surface area contributed by atoms with Crippen molar-refractivity contribution in [2.45, 2.75) is 26.1 Å². The summed E-state index contributed by atoms with van der Waals surface area (Å²) in [7, 11) is 0. The number of rotatable bonds is 4. The summed E-state index contributed by atoms with van der Waals surface area (Å²) in [5.41, 5.74) is 1.30. The Morgan fingerprint density at radius 3 is 2.38 bits per heavy atom. The first-order chi connectivity index (χ1) is 16.3. The number of benzene rings is 2. The predicted molar refractivity (Wildman–Crippen MR) is 120 cm³/mol. The van der Waals surface area contributed by atoms with Crippen molar-refractivity contribution in [3.8, 4) is 11.8 Å². The van der Waals surface area contributed by atoms with Crippen LogP contribution in [0.3, 0.4) is 0 Å². The van der Waals surface area contributed by atoms with Crippen molar-refractivity contribution in [1.29, 1.82) is 5.26 Å². The van der Waals surface area contributed by atoms with E-state index in [0.29, 0.717) is 38.2 Å². The molecule has 1 saturated heterocycles. The van der Waals surface area contributed by atoms with E-state index in [9.17, 15) is 18.0 Å². The van der Waals surface area contributed by atoms with Gasteiger partial charge in [0.1, 0.15) is 0 Å². The third-order valence-electron chi connectivity index (χ3n) is 5.91. The minimum Gasteiger partial charge on any atom is -0.337 e. The van der Waals surface area contributed by atoms with Gasteiger partial charge in [0.05, 0.1) is 29.1 Å². The first-order valence-electron chi connectivity index (χ1n) is 11.0. The Labute approximate surface area is 195 Å². The van der Waals surface area contributed by atoms with Gasteiger partial charge in [0.15, 0.2) is 5.69 Å². The van der Waals surface area contributed by atoms with Crippen LogP contribution in [0, 0.1) is 18.3 Å². The summed E-state index contributed by atoms with van der Waals surface area (Å²) in [5, 5.41) is 12.9. The van der Waals surface area contributed by atoms with E-state index in [0.717, 1.165) is 28.6 Å². The number of alkyl halides is 3. The first-order valence-corrected chi connectivity index (χ1v) is 11.0. The number of carbonyl (C=O) groups excluding carboxylic acids is 1. The molecule has 1 fully saturated rings. The maximum atomic E-state index is 14.0. The molecule has 1 aliphatic rings. The summed E-state index contributed by atoms with van der Waals surface area (Å²) in [6.07, 6.45) is -3.07. The zero-order chi connectivity index (χ0) is 24.3. The van der Waals surface area contributed by atoms with Crippen LogP contribution in [-0.2, 0) is 12.7 Å². The zero-order valence-corrected chi connectivity index (χ0v) is 18.7. The van der Waals surface area contributed by atoms with Gasteiger partial charge >= 0.3 is 6.18 Å². The van der Waals surface area contributed by atoms with Gasteiger partial charge in [-0.1, -0.05) is 29.8 Å². The van der Waals surface area contributed by atoms with Crippen LogP contribution >= 0.6 is 0 Å². The monoisotopic (exact) mass is 467 g/mol. The fourth-order valence-corrected chi connectivity index (χ4v) is 4.10. The van der Waals surface area contributed by atoms with Gasteiger partial charge in [0.25, 0.3) is 5.91 Å². The van der Waals surface area contributed by atoms with Crippen LogP contribution in [0.2, 0.25) is 0 Å². The molecule has 1 aliphatic heterocycles. The van der Waals surface area contributed by atoms with Crippen molar-refractivity contribution in [1.82, 2.24) is 19.6 Å². The third-order valence-corrected chi connectivity index (χ3v) is 5.91. The molecule has 0 spiro atoms. The lowest BCUT2D eigenvalue weighted by Gasteiger charge is -2.22. The molecule has 0 aliphatic carbocycles. The van der Waals surface area contributed by atoms with E-state index < -0.39 is 23.3 Å². The molecule has 0 unspecified atom stereocenters. The number of hydrogen-bond acceptors (Lipinski definition) is 4. The van der Waals surface area contributed by atoms with Crippen molar-refractivity contribution in [3.05, 3.63) is 82.7 Å². The molecule has 2 aromatic carbocycles. The lowest BCUT2D eigenvalue weighted by atomic mass is 10.1. The van der Waals surface area contributed by atoms with Gasteiger partial charge in [0, 0.05) is 32.7 Å². The van der Waals surface area contributed by atoms with Crippen LogP contribution in [0.15, 0.2) is 54.7 Å². The summed E-state index contributed by atoms with van der Waals surface area (Å²) < 4.78 is 42.8. The minimum absolute atomic E-state index is 0.251. The molecular formula is C25H24F3N5O. The van der Waals surface area contributed by atoms with Crippen molar-refractivity contribution in [3.63, 3.8) is 0 Å². The molecule has 0 bridgehead atoms. The SMILES string of the molecule is Cc1ccc(-n2ncc(C(=O)N3CCCN(Cc4ccc(C#N)cc4)CC3)c2C(F)(F)F)cc1. The Bertz CT molecular complexity index is 1190. The van der Waals surface area contributed by atoms with Crippen LogP contribution in [0.25, 0.3) is 5.69 Å². The second-order valence-corrected chi connectivity index (χ2v) is 8.38. The van der Waals surface area contributed by atoms with Crippen molar-refractivity contribution < 1.29 is 18.0 Å². The van der Waals surface area contributed by atoms with E-state index in [1.165, 1.54) is 4.90 Å². The van der Waals surface area contributed by atoms with Crippen molar-refractivity contribution >= 4 is 5.91 Å². The third kappa shape index (κ3) is 5.13. The molecule has 0 radical (unpaired) electrons. The largest absolute Gasteiger partial charge is 0.434 e. The second kappa shape index (κ2) is 9.69. The van der Waals surface area contributed by atoms with Gasteiger partial charge in [0.2, 0.25) is 0 Å². The summed E-state index contributed by atoms with van der Waals surface area (Å²) in [6, 6.07) is 15.9. The highest BCUT2D eigenvalue weighted by Gasteiger charge is 2.41. The molecular weight excluding hydrogens is 443 g/mol. The molecule has 0 atom stereocenters. The Balaban J connectivity index is 1.51. The quantitative estimate of drug-likeness (QED) is 0.570. The molecule has 4 rings (SSSR count). The fourth-order valence-electron chi connectivity index (χ4n) is 4.10. The van der Waals surface area contributed by atoms with E-state index in [1.807, 2.05) is 19.1 Å². The molecule has 9 heteroatoms. The highest BCUT2D eigenvalue weighted by atomic mass is 19.4. The first kappa shape index (κ1) is 23.5. The van der Waals surface area contributed by atoms with Gasteiger partial charge in [-0.15, -0.1) is 0 Å². The Morgan fingerprint density at radius 1 is 1.03 bits per heavy atom. The summed E-state index contributed by atoms with van der Waals surface area (Å²) in [4.78, 5) is 16.8. The number of aryl methyl sites for hydroxylation is 1. The summed E-state index contributed by atoms with van der Waals surface area (Å²) in [6.45, 7) is 4.44. The number of amides is 1. The zero-order valence-electron chi connectivity index (χ0n) is 18.7. The maximum absolute atomic E-state index is 14.0. The Hall–Kier alpha value is -3.64. The lowest BCUT2D eigenvalue weighted by Crippen LogP contribution is -2.36. The minimum atomic E-state index is -4.74. The molecule has 1 aromatic heterocycles. The van der Waals surface area contributed by atoms with Crippen LogP contribution in [0.4, 0.5) is 13.2 Å². The lowest BCUT2D eigenvalue weighted by molar-refractivity contribution is -0.143. The predicted octanol–water partition coefficient (Wildman–Crippen LogP) is 4.42. The van der Waals surface area contributed by atoms with Gasteiger partial charge < -0.3 is 4.90 Å². The van der Waals surface area contributed by atoms with E-state index in [1.54, 1.807) is 36.4 Å². The van der Waals surface area contributed by atoms with E-state index in [2.05, 4.69) is 16.1 Å². The average Bonchev–Trinajstić information content (AvgIpc) is 3.15. The maximum Gasteiger partial charge on any atom is 0.434 e. The Kier molecular flexibility index (Phi) is 6.70. The van der Waals surface area contributed by atoms with Gasteiger partial charge in [-0.3, -0.25) is 9.69 Å². The molecule has 0 N–H and O–H groups in total. The molecule has 6 nitrogen and oxygen atoms in total. The highest BCUT2D eigenvalue weighted by molar-refractivity contribution is 5.95. The van der Waals surface area contributed by atoms with Gasteiger partial charge in [-0.05, 0) is 43.2 Å². The highest BCUT2D eigenvalue weighted by Crippen LogP contribution is 2.34. The molecule has 3 aromatic rings. The number of nitrogens with zero attached hydrogens (tertiary/aromatic N) is 5. The summed E-state index contributed by atoms with van der Waals surface area (Å²) >= 11 is 0. The average molecular weight is 467 g/mol. The topological polar surface area (TPSA) is 65.2 Å². The second-order valence-electron chi connectivity index (χ2n) is 8.38. The number of nitriles is 1. The number of aromatic nitrogens is 2. The standard InChI is InChI=1S/C25H24F3N5O/c1-18-3-9-21(10-4-18)33-23(25(26,27)28)22(16-30-33)24(34)32-12-2-11-31(13-14-32)17-20-7-5-19(15-29)6-8-20/h3-10,16H,2,11-14,17H2,1H3. The van der Waals surface area contributed by atoms with Crippen molar-refractivity contribution in [2.24, 2.45) is 0 Å².